The molecule has 156 valence electrons. The van der Waals surface area contributed by atoms with Gasteiger partial charge in [0.1, 0.15) is 5.75 Å². The fourth-order valence-electron chi connectivity index (χ4n) is 3.03. The highest BCUT2D eigenvalue weighted by atomic mass is 79.9. The second kappa shape index (κ2) is 13.2. The molecule has 0 aliphatic heterocycles. The van der Waals surface area contributed by atoms with Crippen LogP contribution in [-0.2, 0) is 4.79 Å². The number of benzene rings is 1. The van der Waals surface area contributed by atoms with E-state index in [-0.39, 0.29) is 22.9 Å². The second-order valence-electron chi connectivity index (χ2n) is 8.27. The van der Waals surface area contributed by atoms with Crippen molar-refractivity contribution in [3.8, 4) is 5.75 Å². The third-order valence-electron chi connectivity index (χ3n) is 4.60. The van der Waals surface area contributed by atoms with Crippen LogP contribution in [0.4, 0.5) is 0 Å². The highest BCUT2D eigenvalue weighted by Crippen LogP contribution is 2.27. The summed E-state index contributed by atoms with van der Waals surface area (Å²) in [5.74, 6) is 1.66. The number of carbonyl (C=O) groups excluding carboxylic acids is 1. The number of nitrogens with one attached hydrogen (secondary N) is 1. The van der Waals surface area contributed by atoms with E-state index in [9.17, 15) is 4.79 Å². The Morgan fingerprint density at radius 1 is 1.19 bits per heavy atom. The van der Waals surface area contributed by atoms with E-state index in [1.807, 2.05) is 0 Å². The maximum Gasteiger partial charge on any atom is 0.275 e. The Labute approximate surface area is 177 Å². The van der Waals surface area contributed by atoms with E-state index in [0.29, 0.717) is 12.5 Å². The number of unbranched alkanes of at least 4 members (excludes halogenated alkanes) is 2. The molecule has 0 radical (unpaired) electrons. The van der Waals surface area contributed by atoms with Gasteiger partial charge in [-0.05, 0) is 55.7 Å². The first-order valence-corrected chi connectivity index (χ1v) is 10.1. The highest BCUT2D eigenvalue weighted by Gasteiger charge is 2.19. The van der Waals surface area contributed by atoms with Gasteiger partial charge in [0.05, 0.1) is 27.2 Å². The molecule has 0 heterocycles. The number of hydrogen-bond acceptors (Lipinski definition) is 2. The predicted molar refractivity (Wildman–Crippen MR) is 110 cm³/mol. The smallest absolute Gasteiger partial charge is 0.275 e. The minimum Gasteiger partial charge on any atom is -1.00 e. The van der Waals surface area contributed by atoms with Crippen molar-refractivity contribution in [3.05, 3.63) is 29.3 Å². The first kappa shape index (κ1) is 25.9. The lowest BCUT2D eigenvalue weighted by Crippen LogP contribution is -3.00. The van der Waals surface area contributed by atoms with Crippen LogP contribution < -0.4 is 27.0 Å². The van der Waals surface area contributed by atoms with Gasteiger partial charge < -0.3 is 31.5 Å². The van der Waals surface area contributed by atoms with Crippen LogP contribution in [0.1, 0.15) is 63.5 Å². The molecule has 0 unspecified atom stereocenters. The van der Waals surface area contributed by atoms with E-state index in [1.165, 1.54) is 11.1 Å². The first-order chi connectivity index (χ1) is 12.2. The normalized spacial score (nSPS) is 11.2. The molecule has 0 aromatic heterocycles. The molecule has 1 amide bonds. The summed E-state index contributed by atoms with van der Waals surface area (Å²) in [6, 6.07) is 6.47. The molecule has 1 rings (SSSR count). The van der Waals surface area contributed by atoms with E-state index in [4.69, 9.17) is 4.74 Å². The van der Waals surface area contributed by atoms with Crippen molar-refractivity contribution < 1.29 is 31.0 Å². The molecule has 4 nitrogen and oxygen atoms in total. The maximum absolute atomic E-state index is 11.9. The van der Waals surface area contributed by atoms with Crippen LogP contribution in [0, 0.1) is 6.92 Å². The molecular weight excluding hydrogens is 404 g/mol. The monoisotopic (exact) mass is 442 g/mol. The number of nitrogens with zero attached hydrogens (tertiary/aromatic N) is 1. The molecule has 0 spiro atoms. The number of quaternary nitrogens is 1. The van der Waals surface area contributed by atoms with Gasteiger partial charge in [-0.2, -0.15) is 0 Å². The van der Waals surface area contributed by atoms with Crippen LogP contribution in [0.3, 0.4) is 0 Å². The van der Waals surface area contributed by atoms with Crippen LogP contribution in [0.25, 0.3) is 0 Å². The Morgan fingerprint density at radius 2 is 1.89 bits per heavy atom. The predicted octanol–water partition coefficient (Wildman–Crippen LogP) is 1.27. The lowest BCUT2D eigenvalue weighted by atomic mass is 10.0. The summed E-state index contributed by atoms with van der Waals surface area (Å²) >= 11 is 0. The molecule has 0 saturated carbocycles. The SMILES string of the molecule is CCCNC(=O)C[N+](C)(C)CCCCCOc1cc(C)ccc1C(C)C.[Br-]. The Hall–Kier alpha value is -1.07. The van der Waals surface area contributed by atoms with Crippen molar-refractivity contribution in [1.82, 2.24) is 5.32 Å². The minimum atomic E-state index is 0. The van der Waals surface area contributed by atoms with Gasteiger partial charge in [0.25, 0.3) is 5.91 Å². The second-order valence-corrected chi connectivity index (χ2v) is 8.27. The number of ether oxygens (including phenoxy) is 1. The standard InChI is InChI=1S/C22H38N2O2.BrH/c1-7-13-23-22(25)17-24(5,6)14-9-8-10-15-26-21-16-19(4)11-12-20(21)18(2)3;/h11-12,16,18H,7-10,13-15,17H2,1-6H3;1H. The summed E-state index contributed by atoms with van der Waals surface area (Å²) in [6.45, 7) is 11.7. The Bertz CT molecular complexity index is 559. The average Bonchev–Trinajstić information content (AvgIpc) is 2.55. The van der Waals surface area contributed by atoms with E-state index >= 15 is 0 Å². The van der Waals surface area contributed by atoms with Crippen molar-refractivity contribution in [2.24, 2.45) is 0 Å². The van der Waals surface area contributed by atoms with E-state index in [2.05, 4.69) is 65.3 Å². The Morgan fingerprint density at radius 3 is 2.52 bits per heavy atom. The number of halogens is 1. The van der Waals surface area contributed by atoms with E-state index in [1.54, 1.807) is 0 Å². The van der Waals surface area contributed by atoms with Gasteiger partial charge in [-0.25, -0.2) is 0 Å². The molecule has 1 aromatic carbocycles. The van der Waals surface area contributed by atoms with Crippen LogP contribution in [-0.4, -0.2) is 50.7 Å². The molecule has 0 bridgehead atoms. The number of aryl methyl sites for hydroxylation is 1. The van der Waals surface area contributed by atoms with Gasteiger partial charge in [-0.1, -0.05) is 32.9 Å². The fourth-order valence-corrected chi connectivity index (χ4v) is 3.03. The van der Waals surface area contributed by atoms with Crippen molar-refractivity contribution in [2.45, 2.75) is 59.3 Å². The number of amides is 1. The van der Waals surface area contributed by atoms with Gasteiger partial charge in [-0.15, -0.1) is 0 Å². The zero-order valence-electron chi connectivity index (χ0n) is 18.1. The third kappa shape index (κ3) is 10.7. The van der Waals surface area contributed by atoms with Gasteiger partial charge in [0.15, 0.2) is 6.54 Å². The molecule has 1 aromatic rings. The summed E-state index contributed by atoms with van der Waals surface area (Å²) in [5, 5.41) is 2.96. The number of hydrogen-bond donors (Lipinski definition) is 1. The van der Waals surface area contributed by atoms with Crippen LogP contribution in [0.5, 0.6) is 5.75 Å². The molecule has 0 aliphatic rings. The maximum atomic E-state index is 11.9. The molecule has 0 fully saturated rings. The molecule has 5 heteroatoms. The topological polar surface area (TPSA) is 38.3 Å². The highest BCUT2D eigenvalue weighted by molar-refractivity contribution is 5.76. The lowest BCUT2D eigenvalue weighted by molar-refractivity contribution is -0.882. The molecule has 0 saturated heterocycles. The molecule has 0 atom stereocenters. The van der Waals surface area contributed by atoms with Gasteiger partial charge in [0, 0.05) is 6.54 Å². The number of carbonyl (C=O) groups is 1. The average molecular weight is 443 g/mol. The quantitative estimate of drug-likeness (QED) is 0.391. The third-order valence-corrected chi connectivity index (χ3v) is 4.60. The van der Waals surface area contributed by atoms with Gasteiger partial charge >= 0.3 is 0 Å². The summed E-state index contributed by atoms with van der Waals surface area (Å²) in [6.07, 6.45) is 4.27. The zero-order valence-corrected chi connectivity index (χ0v) is 19.7. The minimum absolute atomic E-state index is 0. The molecule has 0 aliphatic carbocycles. The fraction of sp³-hybridized carbons (Fsp3) is 0.682. The Balaban J connectivity index is 0.00000676. The van der Waals surface area contributed by atoms with Gasteiger partial charge in [-0.3, -0.25) is 4.79 Å². The first-order valence-electron chi connectivity index (χ1n) is 10.1. The molecular formula is C22H39BrN2O2. The van der Waals surface area contributed by atoms with Crippen molar-refractivity contribution in [1.29, 1.82) is 0 Å². The summed E-state index contributed by atoms with van der Waals surface area (Å²) < 4.78 is 6.79. The van der Waals surface area contributed by atoms with Crippen molar-refractivity contribution in [3.63, 3.8) is 0 Å². The zero-order chi connectivity index (χ0) is 19.6. The summed E-state index contributed by atoms with van der Waals surface area (Å²) in [5.41, 5.74) is 2.52. The van der Waals surface area contributed by atoms with Crippen LogP contribution >= 0.6 is 0 Å². The number of rotatable bonds is 12. The van der Waals surface area contributed by atoms with Crippen LogP contribution in [0.2, 0.25) is 0 Å². The van der Waals surface area contributed by atoms with Crippen LogP contribution in [0.15, 0.2) is 18.2 Å². The van der Waals surface area contributed by atoms with E-state index in [0.717, 1.165) is 55.6 Å². The lowest BCUT2D eigenvalue weighted by Gasteiger charge is -2.29. The molecule has 1 N–H and O–H groups in total. The number of likely N-dealkylation sites (N-methyl/N-ethyl adjacent to an activating group) is 1. The van der Waals surface area contributed by atoms with Gasteiger partial charge in [0.2, 0.25) is 0 Å². The summed E-state index contributed by atoms with van der Waals surface area (Å²) in [7, 11) is 4.26. The van der Waals surface area contributed by atoms with Crippen molar-refractivity contribution >= 4 is 5.91 Å². The van der Waals surface area contributed by atoms with E-state index < -0.39 is 0 Å². The van der Waals surface area contributed by atoms with Crippen molar-refractivity contribution in [2.75, 3.05) is 40.3 Å². The summed E-state index contributed by atoms with van der Waals surface area (Å²) in [4.78, 5) is 11.9. The largest absolute Gasteiger partial charge is 1.00 e. The molecule has 27 heavy (non-hydrogen) atoms. The Kier molecular flexibility index (Phi) is 12.6.